The number of anilines is 2. The third kappa shape index (κ3) is 2.60. The van der Waals surface area contributed by atoms with Crippen LogP contribution in [0.15, 0.2) is 24.9 Å². The van der Waals surface area contributed by atoms with Gasteiger partial charge in [0.25, 0.3) is 0 Å². The molecule has 0 aliphatic rings. The van der Waals surface area contributed by atoms with E-state index in [4.69, 9.17) is 17.3 Å². The van der Waals surface area contributed by atoms with Gasteiger partial charge in [0.1, 0.15) is 17.2 Å². The van der Waals surface area contributed by atoms with Crippen molar-refractivity contribution < 1.29 is 0 Å². The zero-order chi connectivity index (χ0) is 11.4. The first-order chi connectivity index (χ1) is 7.75. The number of aromatic nitrogens is 4. The number of hydrogen-bond donors (Lipinski definition) is 2. The normalized spacial score (nSPS) is 10.3. The van der Waals surface area contributed by atoms with Gasteiger partial charge in [0.05, 0.1) is 24.6 Å². The number of rotatable bonds is 4. The minimum absolute atomic E-state index is 0.502. The Morgan fingerprint density at radius 1 is 1.44 bits per heavy atom. The van der Waals surface area contributed by atoms with Crippen LogP contribution in [-0.2, 0) is 6.54 Å². The monoisotopic (exact) mass is 238 g/mol. The molecule has 3 N–H and O–H groups in total. The standard InChI is InChI=1S/C9H11ClN6/c10-8-4-12-6-14-9(8)13-1-2-16-5-7(11)3-15-16/h3-6H,1-2,11H2,(H,12,13,14). The predicted octanol–water partition coefficient (Wildman–Crippen LogP) is 1.02. The van der Waals surface area contributed by atoms with Crippen LogP contribution in [-0.4, -0.2) is 26.3 Å². The molecule has 16 heavy (non-hydrogen) atoms. The largest absolute Gasteiger partial charge is 0.396 e. The van der Waals surface area contributed by atoms with Crippen molar-refractivity contribution in [3.63, 3.8) is 0 Å². The molecule has 6 nitrogen and oxygen atoms in total. The van der Waals surface area contributed by atoms with Crippen LogP contribution >= 0.6 is 11.6 Å². The molecule has 2 aromatic rings. The zero-order valence-corrected chi connectivity index (χ0v) is 9.22. The molecule has 0 saturated carbocycles. The van der Waals surface area contributed by atoms with Crippen LogP contribution in [0, 0.1) is 0 Å². The Balaban J connectivity index is 1.87. The molecule has 0 aliphatic heterocycles. The second-order valence-electron chi connectivity index (χ2n) is 3.18. The number of nitrogen functional groups attached to an aromatic ring is 1. The Bertz CT molecular complexity index is 469. The van der Waals surface area contributed by atoms with E-state index in [2.05, 4.69) is 20.4 Å². The van der Waals surface area contributed by atoms with Crippen molar-refractivity contribution in [2.45, 2.75) is 6.54 Å². The van der Waals surface area contributed by atoms with Crippen molar-refractivity contribution >= 4 is 23.1 Å². The Kier molecular flexibility index (Phi) is 3.21. The quantitative estimate of drug-likeness (QED) is 0.831. The summed E-state index contributed by atoms with van der Waals surface area (Å²) in [6.45, 7) is 1.36. The number of nitrogens with two attached hydrogens (primary N) is 1. The number of halogens is 1. The lowest BCUT2D eigenvalue weighted by molar-refractivity contribution is 0.637. The molecule has 2 rings (SSSR count). The lowest BCUT2D eigenvalue weighted by Gasteiger charge is -2.06. The maximum atomic E-state index is 5.88. The fraction of sp³-hybridized carbons (Fsp3) is 0.222. The Labute approximate surface area is 97.5 Å². The van der Waals surface area contributed by atoms with Crippen LogP contribution in [0.1, 0.15) is 0 Å². The third-order valence-corrected chi connectivity index (χ3v) is 2.23. The minimum Gasteiger partial charge on any atom is -0.396 e. The molecule has 0 aromatic carbocycles. The molecular formula is C9H11ClN6. The van der Waals surface area contributed by atoms with Crippen molar-refractivity contribution in [3.8, 4) is 0 Å². The van der Waals surface area contributed by atoms with E-state index in [9.17, 15) is 0 Å². The van der Waals surface area contributed by atoms with Gasteiger partial charge in [-0.1, -0.05) is 11.6 Å². The van der Waals surface area contributed by atoms with E-state index in [0.29, 0.717) is 29.6 Å². The summed E-state index contributed by atoms with van der Waals surface area (Å²) in [5.74, 6) is 0.622. The van der Waals surface area contributed by atoms with E-state index in [1.165, 1.54) is 6.33 Å². The van der Waals surface area contributed by atoms with E-state index >= 15 is 0 Å². The lowest BCUT2D eigenvalue weighted by atomic mass is 10.5. The second-order valence-corrected chi connectivity index (χ2v) is 3.59. The van der Waals surface area contributed by atoms with Crippen molar-refractivity contribution in [3.05, 3.63) is 29.9 Å². The van der Waals surface area contributed by atoms with Gasteiger partial charge in [-0.3, -0.25) is 4.68 Å². The number of nitrogens with one attached hydrogen (secondary N) is 1. The van der Waals surface area contributed by atoms with E-state index in [1.54, 1.807) is 23.3 Å². The minimum atomic E-state index is 0.502. The molecule has 0 amide bonds. The Morgan fingerprint density at radius 2 is 2.31 bits per heavy atom. The van der Waals surface area contributed by atoms with E-state index in [1.807, 2.05) is 0 Å². The van der Waals surface area contributed by atoms with Crippen LogP contribution in [0.3, 0.4) is 0 Å². The van der Waals surface area contributed by atoms with Gasteiger partial charge in [0, 0.05) is 12.7 Å². The van der Waals surface area contributed by atoms with Crippen LogP contribution in [0.25, 0.3) is 0 Å². The molecule has 2 heterocycles. The van der Waals surface area contributed by atoms with Gasteiger partial charge in [-0.25, -0.2) is 9.97 Å². The SMILES string of the molecule is Nc1cnn(CCNc2ncncc2Cl)c1. The average Bonchev–Trinajstić information content (AvgIpc) is 2.67. The molecule has 0 saturated heterocycles. The first-order valence-electron chi connectivity index (χ1n) is 4.73. The highest BCUT2D eigenvalue weighted by Gasteiger charge is 2.00. The Morgan fingerprint density at radius 3 is 3.00 bits per heavy atom. The molecule has 0 fully saturated rings. The summed E-state index contributed by atoms with van der Waals surface area (Å²) >= 11 is 5.88. The first-order valence-corrected chi connectivity index (χ1v) is 5.11. The van der Waals surface area contributed by atoms with Gasteiger partial charge in [-0.15, -0.1) is 0 Å². The highest BCUT2D eigenvalue weighted by atomic mass is 35.5. The first kappa shape index (κ1) is 10.7. The molecule has 0 atom stereocenters. The maximum Gasteiger partial charge on any atom is 0.148 e. The zero-order valence-electron chi connectivity index (χ0n) is 8.47. The molecule has 84 valence electrons. The fourth-order valence-corrected chi connectivity index (χ4v) is 1.41. The molecule has 0 radical (unpaired) electrons. The van der Waals surface area contributed by atoms with Gasteiger partial charge in [0.2, 0.25) is 0 Å². The number of nitrogens with zero attached hydrogens (tertiary/aromatic N) is 4. The molecule has 0 unspecified atom stereocenters. The smallest absolute Gasteiger partial charge is 0.148 e. The summed E-state index contributed by atoms with van der Waals surface area (Å²) < 4.78 is 1.75. The molecule has 0 bridgehead atoms. The van der Waals surface area contributed by atoms with Crippen LogP contribution in [0.4, 0.5) is 11.5 Å². The Hall–Kier alpha value is -1.82. The summed E-state index contributed by atoms with van der Waals surface area (Å²) in [7, 11) is 0. The van der Waals surface area contributed by atoms with Crippen molar-refractivity contribution in [2.24, 2.45) is 0 Å². The topological polar surface area (TPSA) is 81.6 Å². The maximum absolute atomic E-state index is 5.88. The van der Waals surface area contributed by atoms with Gasteiger partial charge < -0.3 is 11.1 Å². The molecule has 7 heteroatoms. The van der Waals surface area contributed by atoms with E-state index < -0.39 is 0 Å². The molecule has 0 aliphatic carbocycles. The van der Waals surface area contributed by atoms with Gasteiger partial charge >= 0.3 is 0 Å². The summed E-state index contributed by atoms with van der Waals surface area (Å²) in [4.78, 5) is 7.80. The van der Waals surface area contributed by atoms with Crippen LogP contribution in [0.5, 0.6) is 0 Å². The third-order valence-electron chi connectivity index (χ3n) is 1.95. The van der Waals surface area contributed by atoms with Crippen molar-refractivity contribution in [2.75, 3.05) is 17.6 Å². The second kappa shape index (κ2) is 4.80. The predicted molar refractivity (Wildman–Crippen MR) is 62.2 cm³/mol. The molecular weight excluding hydrogens is 228 g/mol. The number of hydrogen-bond acceptors (Lipinski definition) is 5. The van der Waals surface area contributed by atoms with Gasteiger partial charge in [0.15, 0.2) is 0 Å². The summed E-state index contributed by atoms with van der Waals surface area (Å²) in [5.41, 5.74) is 6.19. The molecule has 0 spiro atoms. The van der Waals surface area contributed by atoms with E-state index in [0.717, 1.165) is 0 Å². The molecule has 2 aromatic heterocycles. The van der Waals surface area contributed by atoms with Crippen molar-refractivity contribution in [1.82, 2.24) is 19.7 Å². The average molecular weight is 239 g/mol. The summed E-state index contributed by atoms with van der Waals surface area (Å²) in [6.07, 6.45) is 6.36. The highest BCUT2D eigenvalue weighted by Crippen LogP contribution is 2.15. The highest BCUT2D eigenvalue weighted by molar-refractivity contribution is 6.32. The van der Waals surface area contributed by atoms with Crippen molar-refractivity contribution in [1.29, 1.82) is 0 Å². The summed E-state index contributed by atoms with van der Waals surface area (Å²) in [6, 6.07) is 0. The lowest BCUT2D eigenvalue weighted by Crippen LogP contribution is -2.12. The van der Waals surface area contributed by atoms with E-state index in [-0.39, 0.29) is 0 Å². The van der Waals surface area contributed by atoms with Gasteiger partial charge in [-0.05, 0) is 0 Å². The summed E-state index contributed by atoms with van der Waals surface area (Å²) in [5, 5.41) is 7.64. The fourth-order valence-electron chi connectivity index (χ4n) is 1.23. The van der Waals surface area contributed by atoms with Crippen LogP contribution < -0.4 is 11.1 Å². The van der Waals surface area contributed by atoms with Gasteiger partial charge in [-0.2, -0.15) is 5.10 Å². The van der Waals surface area contributed by atoms with Crippen LogP contribution in [0.2, 0.25) is 5.02 Å².